The molecule has 1 aliphatic heterocycles. The number of ether oxygens (including phenoxy) is 1. The highest BCUT2D eigenvalue weighted by molar-refractivity contribution is 6.45. The summed E-state index contributed by atoms with van der Waals surface area (Å²) in [5.41, 5.74) is 1.37. The van der Waals surface area contributed by atoms with E-state index in [0.717, 1.165) is 5.39 Å². The van der Waals surface area contributed by atoms with E-state index in [1.165, 1.54) is 6.26 Å². The van der Waals surface area contributed by atoms with E-state index >= 15 is 0 Å². The highest BCUT2D eigenvalue weighted by Crippen LogP contribution is 2.22. The summed E-state index contributed by atoms with van der Waals surface area (Å²) < 4.78 is 10.5. The number of para-hydroxylation sites is 1. The minimum absolute atomic E-state index is 0.111. The summed E-state index contributed by atoms with van der Waals surface area (Å²) in [5.74, 6) is -2.78. The molecule has 132 valence electrons. The van der Waals surface area contributed by atoms with E-state index < -0.39 is 24.9 Å². The van der Waals surface area contributed by atoms with E-state index in [-0.39, 0.29) is 12.5 Å². The first kappa shape index (κ1) is 17.5. The van der Waals surface area contributed by atoms with Crippen LogP contribution >= 0.6 is 0 Å². The zero-order valence-electron chi connectivity index (χ0n) is 13.5. The number of carbonyl (C=O) groups excluding carboxylic acids is 2. The number of benzene rings is 1. The van der Waals surface area contributed by atoms with Crippen LogP contribution in [0.3, 0.4) is 0 Å². The molecule has 2 amide bonds. The van der Waals surface area contributed by atoms with Gasteiger partial charge in [-0.1, -0.05) is 18.2 Å². The molecule has 2 heterocycles. The molecule has 3 rings (SSSR count). The average molecular weight is 346 g/mol. The summed E-state index contributed by atoms with van der Waals surface area (Å²) in [6, 6.07) is 7.09. The van der Waals surface area contributed by atoms with Gasteiger partial charge >= 0.3 is 18.9 Å². The maximum atomic E-state index is 12.0. The highest BCUT2D eigenvalue weighted by Gasteiger charge is 2.30. The Balaban J connectivity index is 1.64. The highest BCUT2D eigenvalue weighted by atomic mass is 16.5. The second-order valence-corrected chi connectivity index (χ2v) is 5.99. The van der Waals surface area contributed by atoms with Crippen LogP contribution in [0.5, 0.6) is 0 Å². The summed E-state index contributed by atoms with van der Waals surface area (Å²) in [6.07, 6.45) is 2.26. The first-order valence-corrected chi connectivity index (χ1v) is 8.05. The van der Waals surface area contributed by atoms with Gasteiger partial charge in [-0.05, 0) is 24.5 Å². The fourth-order valence-electron chi connectivity index (χ4n) is 2.79. The number of rotatable bonds is 5. The third-order valence-electron chi connectivity index (χ3n) is 4.15. The van der Waals surface area contributed by atoms with Crippen LogP contribution in [-0.4, -0.2) is 54.2 Å². The fourth-order valence-corrected chi connectivity index (χ4v) is 2.79. The van der Waals surface area contributed by atoms with Gasteiger partial charge in [0.25, 0.3) is 0 Å². The van der Waals surface area contributed by atoms with Crippen LogP contribution in [0.4, 0.5) is 0 Å². The zero-order chi connectivity index (χ0) is 17.8. The zero-order valence-corrected chi connectivity index (χ0v) is 13.5. The van der Waals surface area contributed by atoms with Gasteiger partial charge in [-0.15, -0.1) is 0 Å². The summed E-state index contributed by atoms with van der Waals surface area (Å²) in [6.45, 7) is 0.907. The van der Waals surface area contributed by atoms with Crippen molar-refractivity contribution in [3.05, 3.63) is 36.1 Å². The van der Waals surface area contributed by atoms with Gasteiger partial charge in [0.05, 0.1) is 24.9 Å². The lowest BCUT2D eigenvalue weighted by molar-refractivity contribution is -0.139. The summed E-state index contributed by atoms with van der Waals surface area (Å²) in [5, 5.41) is 24.8. The van der Waals surface area contributed by atoms with Crippen LogP contribution in [0.15, 0.2) is 34.9 Å². The van der Waals surface area contributed by atoms with Gasteiger partial charge in [0.15, 0.2) is 0 Å². The number of hydrogen-bond acceptors (Lipinski definition) is 6. The molecule has 1 fully saturated rings. The van der Waals surface area contributed by atoms with Crippen molar-refractivity contribution in [1.82, 2.24) is 10.6 Å². The average Bonchev–Trinajstić information content (AvgIpc) is 3.24. The van der Waals surface area contributed by atoms with E-state index in [1.54, 1.807) is 6.07 Å². The molecule has 4 N–H and O–H groups in total. The van der Waals surface area contributed by atoms with Crippen molar-refractivity contribution in [2.75, 3.05) is 13.2 Å². The third kappa shape index (κ3) is 4.19. The second-order valence-electron chi connectivity index (χ2n) is 5.99. The Morgan fingerprint density at radius 2 is 2.08 bits per heavy atom. The van der Waals surface area contributed by atoms with Crippen LogP contribution in [0.1, 0.15) is 12.0 Å². The number of furan rings is 1. The van der Waals surface area contributed by atoms with Crippen LogP contribution in [0.25, 0.3) is 11.0 Å². The molecule has 0 saturated carbocycles. The molecule has 9 heteroatoms. The van der Waals surface area contributed by atoms with Gasteiger partial charge in [-0.25, -0.2) is 0 Å². The summed E-state index contributed by atoms with van der Waals surface area (Å²) in [4.78, 5) is 23.9. The van der Waals surface area contributed by atoms with Crippen LogP contribution in [0.2, 0.25) is 0 Å². The lowest BCUT2D eigenvalue weighted by atomic mass is 9.76. The van der Waals surface area contributed by atoms with Crippen molar-refractivity contribution in [1.29, 1.82) is 0 Å². The first-order valence-electron chi connectivity index (χ1n) is 8.05. The fraction of sp³-hybridized carbons (Fsp3) is 0.375. The first-order chi connectivity index (χ1) is 12.0. The Morgan fingerprint density at radius 1 is 1.28 bits per heavy atom. The number of amides is 2. The number of hydrogen-bond donors (Lipinski definition) is 4. The van der Waals surface area contributed by atoms with Crippen molar-refractivity contribution in [2.45, 2.75) is 24.8 Å². The van der Waals surface area contributed by atoms with Gasteiger partial charge in [0, 0.05) is 12.0 Å². The van der Waals surface area contributed by atoms with Crippen molar-refractivity contribution in [2.24, 2.45) is 0 Å². The molecule has 0 bridgehead atoms. The molecule has 8 nitrogen and oxygen atoms in total. The second kappa shape index (κ2) is 7.69. The molecule has 0 radical (unpaired) electrons. The predicted octanol–water partition coefficient (Wildman–Crippen LogP) is -0.623. The summed E-state index contributed by atoms with van der Waals surface area (Å²) >= 11 is 0. The molecule has 2 aromatic rings. The SMILES string of the molecule is O=C(NC(Cc1coc2ccccc12)B(O)O)C(=O)N[C@@H]1CCOC1. The number of carbonyl (C=O) groups is 2. The van der Waals surface area contributed by atoms with Crippen LogP contribution < -0.4 is 10.6 Å². The van der Waals surface area contributed by atoms with Gasteiger partial charge in [0.1, 0.15) is 5.58 Å². The van der Waals surface area contributed by atoms with E-state index in [9.17, 15) is 19.6 Å². The molecule has 1 aromatic carbocycles. The number of nitrogens with one attached hydrogen (secondary N) is 2. The van der Waals surface area contributed by atoms with E-state index in [4.69, 9.17) is 9.15 Å². The third-order valence-corrected chi connectivity index (χ3v) is 4.15. The van der Waals surface area contributed by atoms with Gasteiger partial charge in [0.2, 0.25) is 0 Å². The molecular weight excluding hydrogens is 327 g/mol. The topological polar surface area (TPSA) is 121 Å². The van der Waals surface area contributed by atoms with E-state index in [1.807, 2.05) is 18.2 Å². The number of fused-ring (bicyclic) bond motifs is 1. The monoisotopic (exact) mass is 346 g/mol. The van der Waals surface area contributed by atoms with Crippen molar-refractivity contribution in [3.8, 4) is 0 Å². The molecule has 1 saturated heterocycles. The Kier molecular flexibility index (Phi) is 5.37. The Bertz CT molecular complexity index is 756. The summed E-state index contributed by atoms with van der Waals surface area (Å²) in [7, 11) is -1.82. The molecule has 2 atom stereocenters. The Labute approximate surface area is 144 Å². The Hall–Kier alpha value is -2.36. The van der Waals surface area contributed by atoms with E-state index in [0.29, 0.717) is 30.8 Å². The smallest absolute Gasteiger partial charge is 0.464 e. The van der Waals surface area contributed by atoms with E-state index in [2.05, 4.69) is 10.6 Å². The lowest BCUT2D eigenvalue weighted by Gasteiger charge is -2.18. The minimum atomic E-state index is -1.82. The molecular formula is C16H19BN2O6. The predicted molar refractivity (Wildman–Crippen MR) is 89.4 cm³/mol. The van der Waals surface area contributed by atoms with Crippen molar-refractivity contribution >= 4 is 29.9 Å². The molecule has 25 heavy (non-hydrogen) atoms. The molecule has 0 aliphatic carbocycles. The minimum Gasteiger partial charge on any atom is -0.464 e. The molecule has 0 spiro atoms. The van der Waals surface area contributed by atoms with Gasteiger partial charge in [-0.3, -0.25) is 9.59 Å². The maximum absolute atomic E-state index is 12.0. The van der Waals surface area contributed by atoms with Crippen molar-refractivity contribution in [3.63, 3.8) is 0 Å². The van der Waals surface area contributed by atoms with Crippen molar-refractivity contribution < 1.29 is 28.8 Å². The van der Waals surface area contributed by atoms with Crippen LogP contribution in [0, 0.1) is 0 Å². The maximum Gasteiger partial charge on any atom is 0.475 e. The standard InChI is InChI=1S/C16H19BN2O6/c20-15(18-11-5-6-24-9-11)16(21)19-14(17(22)23)7-10-8-25-13-4-2-1-3-12(10)13/h1-4,8,11,14,22-23H,5-7,9H2,(H,18,20)(H,19,21)/t11-,14?/m1/s1. The van der Waals surface area contributed by atoms with Gasteiger partial charge < -0.3 is 29.8 Å². The largest absolute Gasteiger partial charge is 0.475 e. The molecule has 1 unspecified atom stereocenters. The van der Waals surface area contributed by atoms with Crippen LogP contribution in [-0.2, 0) is 20.7 Å². The van der Waals surface area contributed by atoms with Gasteiger partial charge in [-0.2, -0.15) is 0 Å². The molecule has 1 aliphatic rings. The lowest BCUT2D eigenvalue weighted by Crippen LogP contribution is -2.53. The quantitative estimate of drug-likeness (QED) is 0.423. The Morgan fingerprint density at radius 3 is 2.80 bits per heavy atom. The molecule has 1 aromatic heterocycles. The normalized spacial score (nSPS) is 18.1.